The van der Waals surface area contributed by atoms with Gasteiger partial charge in [-0.2, -0.15) is 0 Å². The second kappa shape index (κ2) is 6.88. The van der Waals surface area contributed by atoms with Crippen LogP contribution in [0.1, 0.15) is 24.0 Å². The Kier molecular flexibility index (Phi) is 4.68. The van der Waals surface area contributed by atoms with E-state index in [2.05, 4.69) is 10.2 Å². The third-order valence-electron chi connectivity index (χ3n) is 4.09. The van der Waals surface area contributed by atoms with Gasteiger partial charge in [-0.25, -0.2) is 8.78 Å². The highest BCUT2D eigenvalue weighted by Gasteiger charge is 2.17. The van der Waals surface area contributed by atoms with Crippen LogP contribution in [0.25, 0.3) is 0 Å². The Hall–Kier alpha value is -1.94. The van der Waals surface area contributed by atoms with Crippen LogP contribution in [-0.2, 0) is 13.1 Å². The first-order valence-electron chi connectivity index (χ1n) is 7.71. The standard InChI is InChI=1S/C18H20F2N2/c19-15-8-6-14(7-9-15)12-21-13-16-17(20)4-3-5-18(16)22-10-1-2-11-22/h3-9,21H,1-2,10-13H2. The summed E-state index contributed by atoms with van der Waals surface area (Å²) in [6.45, 7) is 3.05. The number of hydrogen-bond donors (Lipinski definition) is 1. The van der Waals surface area contributed by atoms with Crippen molar-refractivity contribution in [2.24, 2.45) is 0 Å². The van der Waals surface area contributed by atoms with Crippen LogP contribution in [0.5, 0.6) is 0 Å². The van der Waals surface area contributed by atoms with Gasteiger partial charge < -0.3 is 10.2 Å². The van der Waals surface area contributed by atoms with Crippen LogP contribution in [-0.4, -0.2) is 13.1 Å². The van der Waals surface area contributed by atoms with Crippen molar-refractivity contribution in [1.29, 1.82) is 0 Å². The maximum Gasteiger partial charge on any atom is 0.129 e. The van der Waals surface area contributed by atoms with Crippen molar-refractivity contribution in [1.82, 2.24) is 5.32 Å². The zero-order valence-electron chi connectivity index (χ0n) is 12.5. The molecule has 0 amide bonds. The van der Waals surface area contributed by atoms with Gasteiger partial charge in [0.25, 0.3) is 0 Å². The first kappa shape index (κ1) is 15.0. The highest BCUT2D eigenvalue weighted by atomic mass is 19.1. The molecule has 2 nitrogen and oxygen atoms in total. The smallest absolute Gasteiger partial charge is 0.129 e. The maximum atomic E-state index is 14.2. The lowest BCUT2D eigenvalue weighted by atomic mass is 10.1. The molecule has 1 fully saturated rings. The second-order valence-corrected chi connectivity index (χ2v) is 5.66. The summed E-state index contributed by atoms with van der Waals surface area (Å²) in [5, 5.41) is 3.25. The number of halogens is 2. The van der Waals surface area contributed by atoms with Crippen molar-refractivity contribution in [3.63, 3.8) is 0 Å². The third-order valence-corrected chi connectivity index (χ3v) is 4.09. The molecule has 0 saturated carbocycles. The van der Waals surface area contributed by atoms with Crippen molar-refractivity contribution in [2.75, 3.05) is 18.0 Å². The summed E-state index contributed by atoms with van der Waals surface area (Å²) in [5.41, 5.74) is 2.69. The highest BCUT2D eigenvalue weighted by molar-refractivity contribution is 5.54. The molecule has 1 heterocycles. The Balaban J connectivity index is 1.67. The lowest BCUT2D eigenvalue weighted by Crippen LogP contribution is -2.22. The van der Waals surface area contributed by atoms with Crippen molar-refractivity contribution < 1.29 is 8.78 Å². The van der Waals surface area contributed by atoms with E-state index in [9.17, 15) is 8.78 Å². The Morgan fingerprint density at radius 2 is 1.64 bits per heavy atom. The normalized spacial score (nSPS) is 14.5. The number of nitrogens with zero attached hydrogens (tertiary/aromatic N) is 1. The van der Waals surface area contributed by atoms with Crippen molar-refractivity contribution >= 4 is 5.69 Å². The molecule has 0 atom stereocenters. The predicted molar refractivity (Wildman–Crippen MR) is 84.8 cm³/mol. The molecule has 1 aliphatic heterocycles. The molecule has 0 aromatic heterocycles. The van der Waals surface area contributed by atoms with Crippen LogP contribution < -0.4 is 10.2 Å². The maximum absolute atomic E-state index is 14.2. The van der Waals surface area contributed by atoms with E-state index in [0.717, 1.165) is 24.3 Å². The molecule has 3 rings (SSSR count). The summed E-state index contributed by atoms with van der Waals surface area (Å²) in [5.74, 6) is -0.412. The first-order chi connectivity index (χ1) is 10.7. The van der Waals surface area contributed by atoms with E-state index >= 15 is 0 Å². The second-order valence-electron chi connectivity index (χ2n) is 5.66. The quantitative estimate of drug-likeness (QED) is 0.902. The van der Waals surface area contributed by atoms with Gasteiger partial charge in [0.05, 0.1) is 0 Å². The van der Waals surface area contributed by atoms with E-state index < -0.39 is 0 Å². The molecule has 4 heteroatoms. The molecule has 0 unspecified atom stereocenters. The Morgan fingerprint density at radius 1 is 0.909 bits per heavy atom. The van der Waals surface area contributed by atoms with Crippen molar-refractivity contribution in [3.05, 3.63) is 65.2 Å². The van der Waals surface area contributed by atoms with E-state index in [0.29, 0.717) is 18.7 Å². The van der Waals surface area contributed by atoms with Gasteiger partial charge >= 0.3 is 0 Å². The minimum Gasteiger partial charge on any atom is -0.371 e. The molecule has 1 aliphatic rings. The predicted octanol–water partition coefficient (Wildman–Crippen LogP) is 3.85. The van der Waals surface area contributed by atoms with E-state index in [1.807, 2.05) is 6.07 Å². The first-order valence-corrected chi connectivity index (χ1v) is 7.71. The number of rotatable bonds is 5. The van der Waals surface area contributed by atoms with Gasteiger partial charge in [0.2, 0.25) is 0 Å². The van der Waals surface area contributed by atoms with Gasteiger partial charge in [0.15, 0.2) is 0 Å². The van der Waals surface area contributed by atoms with E-state index in [-0.39, 0.29) is 11.6 Å². The van der Waals surface area contributed by atoms with Crippen LogP contribution in [0, 0.1) is 11.6 Å². The van der Waals surface area contributed by atoms with Gasteiger partial charge in [0, 0.05) is 37.4 Å². The average molecular weight is 302 g/mol. The summed E-state index contributed by atoms with van der Waals surface area (Å²) >= 11 is 0. The van der Waals surface area contributed by atoms with Crippen LogP contribution in [0.4, 0.5) is 14.5 Å². The van der Waals surface area contributed by atoms with Gasteiger partial charge in [0.1, 0.15) is 11.6 Å². The third kappa shape index (κ3) is 3.45. The largest absolute Gasteiger partial charge is 0.371 e. The number of anilines is 1. The zero-order chi connectivity index (χ0) is 15.4. The Morgan fingerprint density at radius 3 is 2.36 bits per heavy atom. The molecule has 116 valence electrons. The SMILES string of the molecule is Fc1ccc(CNCc2c(F)cccc2N2CCCC2)cc1. The fourth-order valence-electron chi connectivity index (χ4n) is 2.91. The molecular weight excluding hydrogens is 282 g/mol. The Bertz CT molecular complexity index is 619. The topological polar surface area (TPSA) is 15.3 Å². The molecule has 0 aliphatic carbocycles. The summed E-state index contributed by atoms with van der Waals surface area (Å²) in [6.07, 6.45) is 2.33. The minimum atomic E-state index is -0.242. The summed E-state index contributed by atoms with van der Waals surface area (Å²) in [6, 6.07) is 11.6. The van der Waals surface area contributed by atoms with E-state index in [1.165, 1.54) is 31.0 Å². The van der Waals surface area contributed by atoms with E-state index in [1.54, 1.807) is 18.2 Å². The highest BCUT2D eigenvalue weighted by Crippen LogP contribution is 2.26. The van der Waals surface area contributed by atoms with Crippen molar-refractivity contribution in [2.45, 2.75) is 25.9 Å². The van der Waals surface area contributed by atoms with Crippen molar-refractivity contribution in [3.8, 4) is 0 Å². The van der Waals surface area contributed by atoms with Crippen LogP contribution >= 0.6 is 0 Å². The lowest BCUT2D eigenvalue weighted by molar-refractivity contribution is 0.586. The molecule has 1 saturated heterocycles. The average Bonchev–Trinajstić information content (AvgIpc) is 3.05. The monoisotopic (exact) mass is 302 g/mol. The number of hydrogen-bond acceptors (Lipinski definition) is 2. The van der Waals surface area contributed by atoms with Gasteiger partial charge in [-0.1, -0.05) is 18.2 Å². The molecule has 22 heavy (non-hydrogen) atoms. The van der Waals surface area contributed by atoms with Gasteiger partial charge in [-0.3, -0.25) is 0 Å². The molecule has 2 aromatic rings. The molecular formula is C18H20F2N2. The van der Waals surface area contributed by atoms with Crippen LogP contribution in [0.3, 0.4) is 0 Å². The summed E-state index contributed by atoms with van der Waals surface area (Å²) in [4.78, 5) is 2.25. The van der Waals surface area contributed by atoms with Crippen LogP contribution in [0.15, 0.2) is 42.5 Å². The lowest BCUT2D eigenvalue weighted by Gasteiger charge is -2.22. The Labute approximate surface area is 129 Å². The van der Waals surface area contributed by atoms with Gasteiger partial charge in [-0.05, 0) is 42.7 Å². The van der Waals surface area contributed by atoms with Crippen LogP contribution in [0.2, 0.25) is 0 Å². The molecule has 0 spiro atoms. The fraction of sp³-hybridized carbons (Fsp3) is 0.333. The molecule has 0 bridgehead atoms. The minimum absolute atomic E-state index is 0.170. The number of benzene rings is 2. The number of nitrogens with one attached hydrogen (secondary N) is 1. The van der Waals surface area contributed by atoms with Gasteiger partial charge in [-0.15, -0.1) is 0 Å². The summed E-state index contributed by atoms with van der Waals surface area (Å²) in [7, 11) is 0. The van der Waals surface area contributed by atoms with E-state index in [4.69, 9.17) is 0 Å². The molecule has 2 aromatic carbocycles. The zero-order valence-corrected chi connectivity index (χ0v) is 12.5. The fourth-order valence-corrected chi connectivity index (χ4v) is 2.91. The molecule has 0 radical (unpaired) electrons. The molecule has 1 N–H and O–H groups in total. The summed E-state index contributed by atoms with van der Waals surface area (Å²) < 4.78 is 27.0.